The molecule has 0 spiro atoms. The molecule has 1 rings (SSSR count). The Hall–Kier alpha value is -3.42. The number of likely N-dealkylation sites (tertiary alicyclic amines) is 1. The van der Waals surface area contributed by atoms with Gasteiger partial charge in [-0.25, -0.2) is 4.79 Å². The van der Waals surface area contributed by atoms with Crippen molar-refractivity contribution in [2.75, 3.05) is 13.1 Å². The number of carbonyl (C=O) groups excluding carboxylic acids is 4. The lowest BCUT2D eigenvalue weighted by molar-refractivity contribution is -0.145. The summed E-state index contributed by atoms with van der Waals surface area (Å²) in [5, 5.41) is 13.9. The SMILES string of the molecule is CC(NC(=O)C(N)CCCN=C(N)N)C(=O)N1CCCC1C(=O)NC(CC(N)=O)C(=O)O. The number of nitrogens with one attached hydrogen (secondary N) is 2. The summed E-state index contributed by atoms with van der Waals surface area (Å²) in [6, 6.07) is -4.25. The molecule has 1 fully saturated rings. The highest BCUT2D eigenvalue weighted by molar-refractivity contribution is 5.95. The van der Waals surface area contributed by atoms with Gasteiger partial charge in [0.1, 0.15) is 18.1 Å². The van der Waals surface area contributed by atoms with Crippen molar-refractivity contribution in [3.63, 3.8) is 0 Å². The number of primary amides is 1. The summed E-state index contributed by atoms with van der Waals surface area (Å²) in [7, 11) is 0. The average molecular weight is 457 g/mol. The molecule has 1 aliphatic rings. The number of guanidine groups is 1. The molecule has 14 nitrogen and oxygen atoms in total. The van der Waals surface area contributed by atoms with Gasteiger partial charge in [-0.15, -0.1) is 0 Å². The van der Waals surface area contributed by atoms with Crippen LogP contribution in [0.15, 0.2) is 4.99 Å². The molecule has 180 valence electrons. The Kier molecular flexibility index (Phi) is 10.3. The zero-order chi connectivity index (χ0) is 24.4. The second kappa shape index (κ2) is 12.4. The molecule has 11 N–H and O–H groups in total. The van der Waals surface area contributed by atoms with Crippen molar-refractivity contribution in [1.29, 1.82) is 0 Å². The van der Waals surface area contributed by atoms with E-state index in [0.29, 0.717) is 32.2 Å². The summed E-state index contributed by atoms with van der Waals surface area (Å²) < 4.78 is 0. The van der Waals surface area contributed by atoms with Crippen molar-refractivity contribution in [3.05, 3.63) is 0 Å². The molecular formula is C18H32N8O6. The Balaban J connectivity index is 2.66. The Morgan fingerprint density at radius 2 is 1.81 bits per heavy atom. The number of carboxylic acids is 1. The summed E-state index contributed by atoms with van der Waals surface area (Å²) in [4.78, 5) is 64.9. The molecule has 0 radical (unpaired) electrons. The van der Waals surface area contributed by atoms with Crippen molar-refractivity contribution < 1.29 is 29.1 Å². The van der Waals surface area contributed by atoms with Gasteiger partial charge in [-0.3, -0.25) is 24.2 Å². The lowest BCUT2D eigenvalue weighted by Crippen LogP contribution is -2.56. The van der Waals surface area contributed by atoms with Crippen LogP contribution in [0, 0.1) is 0 Å². The third-order valence-corrected chi connectivity index (χ3v) is 4.89. The van der Waals surface area contributed by atoms with Gasteiger partial charge in [-0.2, -0.15) is 0 Å². The number of aliphatic carboxylic acids is 1. The van der Waals surface area contributed by atoms with Gasteiger partial charge in [-0.05, 0) is 32.6 Å². The predicted octanol–water partition coefficient (Wildman–Crippen LogP) is -3.69. The molecule has 1 saturated heterocycles. The number of amides is 4. The maximum atomic E-state index is 12.8. The summed E-state index contributed by atoms with van der Waals surface area (Å²) in [5.74, 6) is -4.12. The van der Waals surface area contributed by atoms with Crippen LogP contribution in [0.2, 0.25) is 0 Å². The molecule has 1 heterocycles. The Bertz CT molecular complexity index is 754. The number of hydrogen-bond acceptors (Lipinski definition) is 7. The molecule has 4 unspecified atom stereocenters. The third-order valence-electron chi connectivity index (χ3n) is 4.89. The minimum Gasteiger partial charge on any atom is -0.480 e. The highest BCUT2D eigenvalue weighted by Crippen LogP contribution is 2.19. The van der Waals surface area contributed by atoms with E-state index in [4.69, 9.17) is 28.0 Å². The number of carboxylic acid groups (broad SMARTS) is 1. The van der Waals surface area contributed by atoms with E-state index in [-0.39, 0.29) is 12.5 Å². The first-order chi connectivity index (χ1) is 14.9. The van der Waals surface area contributed by atoms with Gasteiger partial charge in [0.15, 0.2) is 5.96 Å². The largest absolute Gasteiger partial charge is 0.480 e. The van der Waals surface area contributed by atoms with Gasteiger partial charge in [0, 0.05) is 13.1 Å². The van der Waals surface area contributed by atoms with Crippen molar-refractivity contribution in [1.82, 2.24) is 15.5 Å². The van der Waals surface area contributed by atoms with Crippen LogP contribution >= 0.6 is 0 Å². The molecule has 4 atom stereocenters. The first-order valence-electron chi connectivity index (χ1n) is 10.2. The average Bonchev–Trinajstić information content (AvgIpc) is 3.19. The van der Waals surface area contributed by atoms with Crippen molar-refractivity contribution in [2.45, 2.75) is 63.2 Å². The van der Waals surface area contributed by atoms with Crippen LogP contribution in [0.5, 0.6) is 0 Å². The fourth-order valence-corrected chi connectivity index (χ4v) is 3.25. The van der Waals surface area contributed by atoms with Crippen molar-refractivity contribution in [2.24, 2.45) is 27.9 Å². The zero-order valence-corrected chi connectivity index (χ0v) is 18.0. The predicted molar refractivity (Wildman–Crippen MR) is 114 cm³/mol. The standard InChI is InChI=1S/C18H32N8O6/c1-9(24-14(28)10(19)4-2-6-23-18(21)22)16(30)26-7-3-5-12(26)15(29)25-11(17(31)32)8-13(20)27/h9-12H,2-8,19H2,1H3,(H2,20,27)(H,24,28)(H,25,29)(H,31,32)(H4,21,22,23). The Morgan fingerprint density at radius 1 is 1.16 bits per heavy atom. The molecule has 0 aromatic carbocycles. The molecule has 0 aromatic heterocycles. The molecule has 0 saturated carbocycles. The summed E-state index contributed by atoms with van der Waals surface area (Å²) >= 11 is 0. The molecule has 0 bridgehead atoms. The maximum Gasteiger partial charge on any atom is 0.326 e. The lowest BCUT2D eigenvalue weighted by Gasteiger charge is -2.28. The smallest absolute Gasteiger partial charge is 0.326 e. The summed E-state index contributed by atoms with van der Waals surface area (Å²) in [6.45, 7) is 2.04. The van der Waals surface area contributed by atoms with Gasteiger partial charge >= 0.3 is 5.97 Å². The maximum absolute atomic E-state index is 12.8. The number of hydrogen-bond donors (Lipinski definition) is 7. The first-order valence-corrected chi connectivity index (χ1v) is 10.2. The number of rotatable bonds is 12. The third kappa shape index (κ3) is 8.37. The highest BCUT2D eigenvalue weighted by Gasteiger charge is 2.38. The van der Waals surface area contributed by atoms with E-state index in [1.54, 1.807) is 0 Å². The van der Waals surface area contributed by atoms with Crippen molar-refractivity contribution >= 4 is 35.6 Å². The van der Waals surface area contributed by atoms with Gasteiger partial charge < -0.3 is 43.6 Å². The van der Waals surface area contributed by atoms with Crippen LogP contribution in [0.1, 0.15) is 39.0 Å². The first kappa shape index (κ1) is 26.6. The minimum absolute atomic E-state index is 0.0595. The van der Waals surface area contributed by atoms with E-state index in [9.17, 15) is 24.0 Å². The Morgan fingerprint density at radius 3 is 2.38 bits per heavy atom. The molecule has 14 heteroatoms. The van der Waals surface area contributed by atoms with Gasteiger partial charge in [0.2, 0.25) is 23.6 Å². The van der Waals surface area contributed by atoms with Gasteiger partial charge in [0.25, 0.3) is 0 Å². The number of aliphatic imine (C=N–C) groups is 1. The van der Waals surface area contributed by atoms with E-state index in [0.717, 1.165) is 0 Å². The topological polar surface area (TPSA) is 249 Å². The quantitative estimate of drug-likeness (QED) is 0.0865. The van der Waals surface area contributed by atoms with E-state index in [1.807, 2.05) is 0 Å². The monoisotopic (exact) mass is 456 g/mol. The molecular weight excluding hydrogens is 424 g/mol. The molecule has 4 amide bonds. The van der Waals surface area contributed by atoms with Gasteiger partial charge in [-0.1, -0.05) is 0 Å². The fraction of sp³-hybridized carbons (Fsp3) is 0.667. The Labute approximate surface area is 185 Å². The number of nitrogens with two attached hydrogens (primary N) is 4. The number of nitrogens with zero attached hydrogens (tertiary/aromatic N) is 2. The number of carbonyl (C=O) groups is 5. The van der Waals surface area contributed by atoms with E-state index >= 15 is 0 Å². The lowest BCUT2D eigenvalue weighted by atomic mass is 10.1. The zero-order valence-electron chi connectivity index (χ0n) is 18.0. The van der Waals surface area contributed by atoms with E-state index in [2.05, 4.69) is 15.6 Å². The highest BCUT2D eigenvalue weighted by atomic mass is 16.4. The van der Waals surface area contributed by atoms with E-state index < -0.39 is 60.2 Å². The van der Waals surface area contributed by atoms with E-state index in [1.165, 1.54) is 11.8 Å². The second-order valence-electron chi connectivity index (χ2n) is 7.55. The molecule has 0 aliphatic carbocycles. The van der Waals surface area contributed by atoms with Crippen LogP contribution < -0.4 is 33.6 Å². The second-order valence-corrected chi connectivity index (χ2v) is 7.55. The molecule has 32 heavy (non-hydrogen) atoms. The summed E-state index contributed by atoms with van der Waals surface area (Å²) in [6.07, 6.45) is 1.02. The van der Waals surface area contributed by atoms with Crippen LogP contribution in [-0.2, 0) is 24.0 Å². The molecule has 0 aromatic rings. The van der Waals surface area contributed by atoms with Crippen LogP contribution in [0.3, 0.4) is 0 Å². The summed E-state index contributed by atoms with van der Waals surface area (Å²) in [5.41, 5.74) is 21.3. The van der Waals surface area contributed by atoms with Gasteiger partial charge in [0.05, 0.1) is 12.5 Å². The van der Waals surface area contributed by atoms with Crippen LogP contribution in [0.25, 0.3) is 0 Å². The van der Waals surface area contributed by atoms with Crippen LogP contribution in [0.4, 0.5) is 0 Å². The normalized spacial score (nSPS) is 18.2. The minimum atomic E-state index is -1.49. The molecule has 1 aliphatic heterocycles. The van der Waals surface area contributed by atoms with Crippen molar-refractivity contribution in [3.8, 4) is 0 Å². The van der Waals surface area contributed by atoms with Crippen LogP contribution in [-0.4, -0.2) is 82.8 Å². The fourth-order valence-electron chi connectivity index (χ4n) is 3.25.